The van der Waals surface area contributed by atoms with E-state index in [0.29, 0.717) is 10.2 Å². The van der Waals surface area contributed by atoms with Crippen LogP contribution in [0.25, 0.3) is 0 Å². The second-order valence-electron chi connectivity index (χ2n) is 3.68. The van der Waals surface area contributed by atoms with E-state index < -0.39 is 0 Å². The van der Waals surface area contributed by atoms with E-state index in [0.717, 1.165) is 0 Å². The molecule has 3 N–H and O–H groups in total. The van der Waals surface area contributed by atoms with Gasteiger partial charge in [0.2, 0.25) is 11.1 Å². The number of anilines is 1. The van der Waals surface area contributed by atoms with Gasteiger partial charge >= 0.3 is 6.01 Å². The van der Waals surface area contributed by atoms with Gasteiger partial charge in [-0.05, 0) is 25.6 Å². The molecular weight excluding hydrogens is 266 g/mol. The summed E-state index contributed by atoms with van der Waals surface area (Å²) < 4.78 is 5.43. The third kappa shape index (κ3) is 4.00. The van der Waals surface area contributed by atoms with Gasteiger partial charge < -0.3 is 4.74 Å². The van der Waals surface area contributed by atoms with E-state index in [4.69, 9.17) is 10.6 Å². The molecule has 0 radical (unpaired) electrons. The summed E-state index contributed by atoms with van der Waals surface area (Å²) in [5, 5.41) is 1.10. The Morgan fingerprint density at radius 2 is 2.11 bits per heavy atom. The molecule has 2 heterocycles. The maximum atomic E-state index is 5.43. The lowest BCUT2D eigenvalue weighted by atomic mass is 10.5. The van der Waals surface area contributed by atoms with E-state index in [1.807, 2.05) is 13.8 Å². The summed E-state index contributed by atoms with van der Waals surface area (Å²) in [5.74, 6) is 5.55. The summed E-state index contributed by atoms with van der Waals surface area (Å²) in [6, 6.07) is 0.212. The van der Waals surface area contributed by atoms with Crippen molar-refractivity contribution in [1.29, 1.82) is 0 Å². The first-order valence-corrected chi connectivity index (χ1v) is 6.32. The van der Waals surface area contributed by atoms with Crippen molar-refractivity contribution in [1.82, 2.24) is 24.9 Å². The number of ether oxygens (including phenoxy) is 1. The number of aromatic nitrogens is 5. The van der Waals surface area contributed by atoms with Gasteiger partial charge in [-0.1, -0.05) is 0 Å². The minimum Gasteiger partial charge on any atom is -0.461 e. The van der Waals surface area contributed by atoms with Crippen LogP contribution in [0.2, 0.25) is 0 Å². The van der Waals surface area contributed by atoms with Crippen LogP contribution < -0.4 is 16.0 Å². The van der Waals surface area contributed by atoms with E-state index in [2.05, 4.69) is 30.3 Å². The number of nitrogens with one attached hydrogen (secondary N) is 1. The molecule has 0 aliphatic rings. The summed E-state index contributed by atoms with van der Waals surface area (Å²) in [6.45, 7) is 3.77. The molecule has 0 aliphatic carbocycles. The monoisotopic (exact) mass is 279 g/mol. The van der Waals surface area contributed by atoms with Crippen molar-refractivity contribution in [3.63, 3.8) is 0 Å². The van der Waals surface area contributed by atoms with Crippen LogP contribution in [0.1, 0.15) is 13.8 Å². The molecule has 2 rings (SSSR count). The zero-order valence-corrected chi connectivity index (χ0v) is 11.3. The van der Waals surface area contributed by atoms with Crippen LogP contribution in [0.4, 0.5) is 5.95 Å². The van der Waals surface area contributed by atoms with Crippen molar-refractivity contribution in [2.45, 2.75) is 30.1 Å². The number of hydrazine groups is 1. The highest BCUT2D eigenvalue weighted by molar-refractivity contribution is 7.99. The first-order chi connectivity index (χ1) is 9.17. The highest BCUT2D eigenvalue weighted by atomic mass is 32.2. The van der Waals surface area contributed by atoms with E-state index in [9.17, 15) is 0 Å². The zero-order valence-electron chi connectivity index (χ0n) is 10.4. The summed E-state index contributed by atoms with van der Waals surface area (Å²) in [4.78, 5) is 20.4. The fraction of sp³-hybridized carbons (Fsp3) is 0.300. The Morgan fingerprint density at radius 3 is 2.74 bits per heavy atom. The summed E-state index contributed by atoms with van der Waals surface area (Å²) in [5.41, 5.74) is 2.38. The smallest absolute Gasteiger partial charge is 0.322 e. The Labute approximate surface area is 114 Å². The number of hydrogen-bond donors (Lipinski definition) is 2. The molecule has 0 atom stereocenters. The second kappa shape index (κ2) is 6.25. The molecule has 0 fully saturated rings. The lowest BCUT2D eigenvalue weighted by Gasteiger charge is -2.09. The van der Waals surface area contributed by atoms with Gasteiger partial charge in [-0.15, -0.1) is 0 Å². The molecule has 8 nitrogen and oxygen atoms in total. The maximum absolute atomic E-state index is 5.43. The number of nitrogens with two attached hydrogens (primary N) is 1. The number of nitrogen functional groups attached to an aromatic ring is 1. The number of hydrogen-bond acceptors (Lipinski definition) is 9. The van der Waals surface area contributed by atoms with Crippen LogP contribution in [0, 0.1) is 0 Å². The molecule has 0 aromatic carbocycles. The number of nitrogens with zero attached hydrogens (tertiary/aromatic N) is 5. The van der Waals surface area contributed by atoms with E-state index in [-0.39, 0.29) is 18.1 Å². The highest BCUT2D eigenvalue weighted by Crippen LogP contribution is 2.23. The van der Waals surface area contributed by atoms with Crippen LogP contribution in [-0.4, -0.2) is 31.0 Å². The molecule has 2 aromatic heterocycles. The van der Waals surface area contributed by atoms with Crippen LogP contribution in [-0.2, 0) is 0 Å². The van der Waals surface area contributed by atoms with Crippen molar-refractivity contribution < 1.29 is 4.74 Å². The SMILES string of the molecule is CC(C)Oc1nc(NN)nc(Sc2cnccn2)n1. The molecule has 0 unspecified atom stereocenters. The normalized spacial score (nSPS) is 10.5. The topological polar surface area (TPSA) is 112 Å². The molecule has 0 saturated heterocycles. The molecule has 0 amide bonds. The Hall–Kier alpha value is -2.00. The zero-order chi connectivity index (χ0) is 13.7. The van der Waals surface area contributed by atoms with Gasteiger partial charge in [0, 0.05) is 12.4 Å². The van der Waals surface area contributed by atoms with Crippen molar-refractivity contribution in [3.05, 3.63) is 18.6 Å². The Balaban J connectivity index is 2.24. The van der Waals surface area contributed by atoms with Crippen LogP contribution in [0.5, 0.6) is 6.01 Å². The fourth-order valence-corrected chi connectivity index (χ4v) is 1.81. The molecule has 0 bridgehead atoms. The average molecular weight is 279 g/mol. The molecule has 0 aliphatic heterocycles. The van der Waals surface area contributed by atoms with Crippen molar-refractivity contribution in [2.75, 3.05) is 5.43 Å². The minimum absolute atomic E-state index is 0.0395. The average Bonchev–Trinajstić information content (AvgIpc) is 2.38. The van der Waals surface area contributed by atoms with Gasteiger partial charge in [0.15, 0.2) is 0 Å². The lowest BCUT2D eigenvalue weighted by Crippen LogP contribution is -2.15. The molecular formula is C10H13N7OS. The molecule has 0 spiro atoms. The van der Waals surface area contributed by atoms with Crippen molar-refractivity contribution in [3.8, 4) is 6.01 Å². The first kappa shape index (κ1) is 13.4. The largest absolute Gasteiger partial charge is 0.461 e. The standard InChI is InChI=1S/C10H13N7OS/c1-6(2)18-9-14-8(17-11)15-10(16-9)19-7-5-12-3-4-13-7/h3-6H,11H2,1-2H3,(H,14,15,16,17). The third-order valence-electron chi connectivity index (χ3n) is 1.80. The van der Waals surface area contributed by atoms with Gasteiger partial charge in [0.25, 0.3) is 0 Å². The third-order valence-corrected chi connectivity index (χ3v) is 2.59. The molecule has 9 heteroatoms. The molecule has 19 heavy (non-hydrogen) atoms. The fourth-order valence-electron chi connectivity index (χ4n) is 1.14. The van der Waals surface area contributed by atoms with Gasteiger partial charge in [0.05, 0.1) is 12.3 Å². The Bertz CT molecular complexity index is 537. The summed E-state index contributed by atoms with van der Waals surface area (Å²) in [7, 11) is 0. The Morgan fingerprint density at radius 1 is 1.26 bits per heavy atom. The maximum Gasteiger partial charge on any atom is 0.322 e. The minimum atomic E-state index is -0.0395. The molecule has 100 valence electrons. The van der Waals surface area contributed by atoms with Gasteiger partial charge in [0.1, 0.15) is 5.03 Å². The lowest BCUT2D eigenvalue weighted by molar-refractivity contribution is 0.219. The van der Waals surface area contributed by atoms with Crippen LogP contribution in [0.15, 0.2) is 28.8 Å². The van der Waals surface area contributed by atoms with Crippen LogP contribution >= 0.6 is 11.8 Å². The van der Waals surface area contributed by atoms with Crippen molar-refractivity contribution >= 4 is 17.7 Å². The second-order valence-corrected chi connectivity index (χ2v) is 4.67. The summed E-state index contributed by atoms with van der Waals surface area (Å²) >= 11 is 1.25. The predicted octanol–water partition coefficient (Wildman–Crippen LogP) is 0.886. The highest BCUT2D eigenvalue weighted by Gasteiger charge is 2.10. The predicted molar refractivity (Wildman–Crippen MR) is 69.6 cm³/mol. The number of rotatable bonds is 5. The van der Waals surface area contributed by atoms with E-state index in [1.54, 1.807) is 18.6 Å². The first-order valence-electron chi connectivity index (χ1n) is 5.50. The summed E-state index contributed by atoms with van der Waals surface area (Å²) in [6.07, 6.45) is 4.77. The van der Waals surface area contributed by atoms with Gasteiger partial charge in [-0.2, -0.15) is 15.0 Å². The quantitative estimate of drug-likeness (QED) is 0.608. The van der Waals surface area contributed by atoms with Gasteiger partial charge in [-0.3, -0.25) is 10.4 Å². The molecule has 0 saturated carbocycles. The van der Waals surface area contributed by atoms with E-state index in [1.165, 1.54) is 11.8 Å². The Kier molecular flexibility index (Phi) is 4.42. The van der Waals surface area contributed by atoms with E-state index >= 15 is 0 Å². The van der Waals surface area contributed by atoms with Gasteiger partial charge in [-0.25, -0.2) is 10.8 Å². The van der Waals surface area contributed by atoms with Crippen molar-refractivity contribution in [2.24, 2.45) is 5.84 Å². The molecule has 2 aromatic rings. The van der Waals surface area contributed by atoms with Crippen LogP contribution in [0.3, 0.4) is 0 Å².